The predicted molar refractivity (Wildman–Crippen MR) is 65.2 cm³/mol. The first-order valence-corrected chi connectivity index (χ1v) is 5.73. The molecule has 1 aromatic carbocycles. The van der Waals surface area contributed by atoms with E-state index < -0.39 is 5.60 Å². The van der Waals surface area contributed by atoms with Crippen LogP contribution in [0.4, 0.5) is 0 Å². The second kappa shape index (κ2) is 5.80. The van der Waals surface area contributed by atoms with Gasteiger partial charge in [0.05, 0.1) is 12.0 Å². The van der Waals surface area contributed by atoms with E-state index in [1.165, 1.54) is 6.42 Å². The van der Waals surface area contributed by atoms with E-state index >= 15 is 0 Å². The van der Waals surface area contributed by atoms with E-state index in [-0.39, 0.29) is 5.78 Å². The fourth-order valence-corrected chi connectivity index (χ4v) is 1.58. The molecule has 1 atom stereocenters. The highest BCUT2D eigenvalue weighted by molar-refractivity contribution is 6.03. The third-order valence-electron chi connectivity index (χ3n) is 2.54. The van der Waals surface area contributed by atoms with Crippen molar-refractivity contribution in [3.05, 3.63) is 42.3 Å². The van der Waals surface area contributed by atoms with Crippen LogP contribution in [0.5, 0.6) is 0 Å². The molecule has 87 valence electrons. The first-order valence-electron chi connectivity index (χ1n) is 5.73. The van der Waals surface area contributed by atoms with Crippen LogP contribution >= 0.6 is 0 Å². The summed E-state index contributed by atoms with van der Waals surface area (Å²) in [6, 6.07) is 9.03. The number of benzene rings is 1. The highest BCUT2D eigenvalue weighted by atomic mass is 16.3. The van der Waals surface area contributed by atoms with E-state index in [0.717, 1.165) is 12.8 Å². The topological polar surface area (TPSA) is 37.3 Å². The largest absolute Gasteiger partial charge is 0.389 e. The van der Waals surface area contributed by atoms with Crippen molar-refractivity contribution >= 4 is 5.78 Å². The van der Waals surface area contributed by atoms with Gasteiger partial charge in [0, 0.05) is 5.56 Å². The summed E-state index contributed by atoms with van der Waals surface area (Å²) in [6.07, 6.45) is 3.98. The first kappa shape index (κ1) is 12.9. The molecule has 16 heavy (non-hydrogen) atoms. The Kier molecular flexibility index (Phi) is 4.69. The average Bonchev–Trinajstić information content (AvgIpc) is 2.27. The molecule has 1 radical (unpaired) electrons. The summed E-state index contributed by atoms with van der Waals surface area (Å²) in [5.41, 5.74) is -0.373. The van der Waals surface area contributed by atoms with E-state index in [2.05, 4.69) is 6.92 Å². The van der Waals surface area contributed by atoms with Gasteiger partial charge in [0.25, 0.3) is 0 Å². The minimum absolute atomic E-state index is 0.110. The molecule has 0 amide bonds. The molecule has 0 aliphatic rings. The Bertz CT molecular complexity index is 328. The summed E-state index contributed by atoms with van der Waals surface area (Å²) < 4.78 is 0. The van der Waals surface area contributed by atoms with E-state index in [0.29, 0.717) is 12.0 Å². The van der Waals surface area contributed by atoms with E-state index in [9.17, 15) is 9.90 Å². The van der Waals surface area contributed by atoms with Gasteiger partial charge in [0.15, 0.2) is 5.78 Å². The summed E-state index contributed by atoms with van der Waals surface area (Å²) in [5, 5.41) is 10.0. The summed E-state index contributed by atoms with van der Waals surface area (Å²) in [7, 11) is 0. The zero-order valence-corrected chi connectivity index (χ0v) is 9.94. The van der Waals surface area contributed by atoms with Crippen LogP contribution in [-0.2, 0) is 0 Å². The molecule has 0 aliphatic carbocycles. The highest BCUT2D eigenvalue weighted by Gasteiger charge is 2.24. The molecule has 1 unspecified atom stereocenters. The molecule has 1 N–H and O–H groups in total. The van der Waals surface area contributed by atoms with Gasteiger partial charge in [0.1, 0.15) is 0 Å². The molecule has 0 spiro atoms. The molecule has 0 aromatic heterocycles. The van der Waals surface area contributed by atoms with E-state index in [4.69, 9.17) is 0 Å². The molecular weight excluding hydrogens is 200 g/mol. The van der Waals surface area contributed by atoms with Crippen molar-refractivity contribution < 1.29 is 9.90 Å². The maximum atomic E-state index is 11.8. The van der Waals surface area contributed by atoms with Gasteiger partial charge in [-0.1, -0.05) is 50.1 Å². The van der Waals surface area contributed by atoms with E-state index in [1.807, 2.05) is 18.2 Å². The van der Waals surface area contributed by atoms with Gasteiger partial charge >= 0.3 is 0 Å². The van der Waals surface area contributed by atoms with Crippen LogP contribution in [0.25, 0.3) is 0 Å². The van der Waals surface area contributed by atoms with Crippen molar-refractivity contribution in [2.24, 2.45) is 0 Å². The number of aliphatic hydroxyl groups is 1. The lowest BCUT2D eigenvalue weighted by Gasteiger charge is -2.21. The first-order chi connectivity index (χ1) is 7.55. The lowest BCUT2D eigenvalue weighted by Crippen LogP contribution is -2.28. The SMILES string of the molecule is CCCCC(C)(O)[CH]C(=O)c1ccccc1. The molecule has 2 nitrogen and oxygen atoms in total. The molecule has 0 fully saturated rings. The lowest BCUT2D eigenvalue weighted by atomic mass is 9.91. The van der Waals surface area contributed by atoms with Crippen LogP contribution < -0.4 is 0 Å². The maximum Gasteiger partial charge on any atom is 0.169 e. The van der Waals surface area contributed by atoms with Crippen molar-refractivity contribution in [1.29, 1.82) is 0 Å². The molecule has 1 aromatic rings. The van der Waals surface area contributed by atoms with Crippen LogP contribution in [0.1, 0.15) is 43.5 Å². The zero-order chi connectivity index (χ0) is 12.0. The Morgan fingerprint density at radius 1 is 1.38 bits per heavy atom. The number of carbonyl (C=O) groups is 1. The highest BCUT2D eigenvalue weighted by Crippen LogP contribution is 2.19. The second-order valence-electron chi connectivity index (χ2n) is 4.34. The average molecular weight is 219 g/mol. The number of carbonyl (C=O) groups excluding carboxylic acids is 1. The minimum atomic E-state index is -0.997. The Morgan fingerprint density at radius 2 is 2.00 bits per heavy atom. The van der Waals surface area contributed by atoms with Crippen molar-refractivity contribution in [2.75, 3.05) is 0 Å². The third-order valence-corrected chi connectivity index (χ3v) is 2.54. The van der Waals surface area contributed by atoms with Gasteiger partial charge in [-0.05, 0) is 13.3 Å². The number of Topliss-reactive ketones (excluding diaryl/α,β-unsaturated/α-hetero) is 1. The molecule has 0 bridgehead atoms. The van der Waals surface area contributed by atoms with Crippen LogP contribution in [0, 0.1) is 6.42 Å². The van der Waals surface area contributed by atoms with Crippen LogP contribution in [-0.4, -0.2) is 16.5 Å². The standard InChI is InChI=1S/C14H19O2/c1-3-4-10-14(2,16)11-13(15)12-8-6-5-7-9-12/h5-9,11,16H,3-4,10H2,1-2H3. The maximum absolute atomic E-state index is 11.8. The van der Waals surface area contributed by atoms with Crippen molar-refractivity contribution in [3.63, 3.8) is 0 Å². The quantitative estimate of drug-likeness (QED) is 0.747. The Morgan fingerprint density at radius 3 is 2.56 bits per heavy atom. The molecule has 0 saturated heterocycles. The lowest BCUT2D eigenvalue weighted by molar-refractivity contribution is 0.0690. The number of unbranched alkanes of at least 4 members (excludes halogenated alkanes) is 1. The Hall–Kier alpha value is -1.15. The van der Waals surface area contributed by atoms with Crippen molar-refractivity contribution in [1.82, 2.24) is 0 Å². The normalized spacial score (nSPS) is 14.4. The third kappa shape index (κ3) is 4.15. The van der Waals surface area contributed by atoms with Gasteiger partial charge in [-0.3, -0.25) is 4.79 Å². The summed E-state index contributed by atoms with van der Waals surface area (Å²) in [6.45, 7) is 3.75. The Labute approximate surface area is 97.3 Å². The fourth-order valence-electron chi connectivity index (χ4n) is 1.58. The molecule has 1 rings (SSSR count). The zero-order valence-electron chi connectivity index (χ0n) is 9.94. The van der Waals surface area contributed by atoms with Crippen molar-refractivity contribution in [3.8, 4) is 0 Å². The predicted octanol–water partition coefficient (Wildman–Crippen LogP) is 3.01. The molecule has 0 saturated carbocycles. The Balaban J connectivity index is 2.57. The number of rotatable bonds is 6. The molecular formula is C14H19O2. The van der Waals surface area contributed by atoms with Crippen LogP contribution in [0.2, 0.25) is 0 Å². The van der Waals surface area contributed by atoms with E-state index in [1.54, 1.807) is 19.1 Å². The number of ketones is 1. The second-order valence-corrected chi connectivity index (χ2v) is 4.34. The molecule has 0 heterocycles. The fraction of sp³-hybridized carbons (Fsp3) is 0.429. The molecule has 0 aliphatic heterocycles. The minimum Gasteiger partial charge on any atom is -0.389 e. The number of hydrogen-bond donors (Lipinski definition) is 1. The smallest absolute Gasteiger partial charge is 0.169 e. The van der Waals surface area contributed by atoms with Crippen LogP contribution in [0.15, 0.2) is 30.3 Å². The molecule has 2 heteroatoms. The number of hydrogen-bond acceptors (Lipinski definition) is 2. The summed E-state index contributed by atoms with van der Waals surface area (Å²) in [4.78, 5) is 11.8. The van der Waals surface area contributed by atoms with Gasteiger partial charge < -0.3 is 5.11 Å². The monoisotopic (exact) mass is 219 g/mol. The summed E-state index contributed by atoms with van der Waals surface area (Å²) in [5.74, 6) is -0.110. The summed E-state index contributed by atoms with van der Waals surface area (Å²) >= 11 is 0. The van der Waals surface area contributed by atoms with Gasteiger partial charge in [0.2, 0.25) is 0 Å². The van der Waals surface area contributed by atoms with Gasteiger partial charge in [-0.25, -0.2) is 0 Å². The van der Waals surface area contributed by atoms with Gasteiger partial charge in [-0.15, -0.1) is 0 Å². The van der Waals surface area contributed by atoms with Gasteiger partial charge in [-0.2, -0.15) is 0 Å². The van der Waals surface area contributed by atoms with Crippen LogP contribution in [0.3, 0.4) is 0 Å². The van der Waals surface area contributed by atoms with Crippen molar-refractivity contribution in [2.45, 2.75) is 38.7 Å².